The monoisotopic (exact) mass is 501 g/mol. The molecule has 1 aromatic heterocycles. The Bertz CT molecular complexity index is 2060. The summed E-state index contributed by atoms with van der Waals surface area (Å²) in [6, 6.07) is 50.8. The number of fused-ring (bicyclic) bond motifs is 7. The van der Waals surface area contributed by atoms with Gasteiger partial charge in [0.1, 0.15) is 0 Å². The number of nitrogens with zero attached hydrogens (tertiary/aromatic N) is 1. The Hall–Kier alpha value is -4.66. The second-order valence-corrected chi connectivity index (χ2v) is 10.9. The zero-order valence-electron chi connectivity index (χ0n) is 20.6. The molecule has 0 aliphatic carbocycles. The van der Waals surface area contributed by atoms with Crippen molar-refractivity contribution in [1.29, 1.82) is 0 Å². The molecule has 1 heterocycles. The third-order valence-corrected chi connectivity index (χ3v) is 8.74. The lowest BCUT2D eigenvalue weighted by molar-refractivity contribution is 1.32. The summed E-state index contributed by atoms with van der Waals surface area (Å²) >= 11 is 1.88. The van der Waals surface area contributed by atoms with Crippen molar-refractivity contribution in [3.05, 3.63) is 140 Å². The van der Waals surface area contributed by atoms with Crippen LogP contribution in [0.5, 0.6) is 0 Å². The summed E-state index contributed by atoms with van der Waals surface area (Å²) in [4.78, 5) is 2.44. The zero-order valence-corrected chi connectivity index (χ0v) is 21.5. The minimum atomic E-state index is 1.17. The lowest BCUT2D eigenvalue weighted by Crippen LogP contribution is -2.10. The average molecular weight is 502 g/mol. The Labute approximate surface area is 224 Å². The van der Waals surface area contributed by atoms with Gasteiger partial charge in [-0.25, -0.2) is 0 Å². The first-order valence-electron chi connectivity index (χ1n) is 12.9. The Kier molecular flexibility index (Phi) is 4.76. The van der Waals surface area contributed by atoms with Crippen LogP contribution in [-0.2, 0) is 0 Å². The van der Waals surface area contributed by atoms with Gasteiger partial charge < -0.3 is 4.90 Å². The Morgan fingerprint density at radius 2 is 0.947 bits per heavy atom. The molecule has 0 saturated carbocycles. The molecule has 0 aliphatic rings. The van der Waals surface area contributed by atoms with Crippen LogP contribution < -0.4 is 4.90 Å². The molecule has 8 rings (SSSR count). The molecule has 2 heteroatoms. The van der Waals surface area contributed by atoms with Crippen molar-refractivity contribution in [2.24, 2.45) is 0 Å². The van der Waals surface area contributed by atoms with Crippen LogP contribution in [0.2, 0.25) is 0 Å². The van der Waals surface area contributed by atoms with E-state index in [9.17, 15) is 0 Å². The molecule has 0 radical (unpaired) electrons. The summed E-state index contributed by atoms with van der Waals surface area (Å²) < 4.78 is 2.64. The van der Waals surface area contributed by atoms with E-state index in [0.717, 1.165) is 0 Å². The fourth-order valence-corrected chi connectivity index (χ4v) is 7.04. The van der Waals surface area contributed by atoms with E-state index >= 15 is 0 Å². The molecule has 7 aromatic carbocycles. The molecule has 178 valence electrons. The first-order valence-corrected chi connectivity index (χ1v) is 13.8. The Balaban J connectivity index is 1.44. The predicted molar refractivity (Wildman–Crippen MR) is 167 cm³/mol. The lowest BCUT2D eigenvalue weighted by atomic mass is 10.0. The standard InChI is InChI=1S/C36H23NS/c1-4-14-28-24(9-1)12-7-17-32(28)37(33-18-8-13-25-10-2-5-15-29(25)33)27-20-21-31-35(23-27)38-34-22-19-26-11-3-6-16-30(26)36(31)34/h1-23H. The number of hydrogen-bond donors (Lipinski definition) is 0. The van der Waals surface area contributed by atoms with Crippen molar-refractivity contribution in [3.63, 3.8) is 0 Å². The summed E-state index contributed by atoms with van der Waals surface area (Å²) in [5.74, 6) is 0. The summed E-state index contributed by atoms with van der Waals surface area (Å²) in [6.07, 6.45) is 0. The van der Waals surface area contributed by atoms with Crippen molar-refractivity contribution >= 4 is 80.9 Å². The predicted octanol–water partition coefficient (Wildman–Crippen LogP) is 11.0. The van der Waals surface area contributed by atoms with E-state index in [0.29, 0.717) is 0 Å². The summed E-state index contributed by atoms with van der Waals surface area (Å²) in [5.41, 5.74) is 3.54. The highest BCUT2D eigenvalue weighted by Gasteiger charge is 2.19. The van der Waals surface area contributed by atoms with Crippen molar-refractivity contribution in [1.82, 2.24) is 0 Å². The maximum Gasteiger partial charge on any atom is 0.0540 e. The number of thiophene rings is 1. The first kappa shape index (κ1) is 21.4. The summed E-state index contributed by atoms with van der Waals surface area (Å²) in [7, 11) is 0. The van der Waals surface area contributed by atoms with Crippen molar-refractivity contribution in [3.8, 4) is 0 Å². The lowest BCUT2D eigenvalue weighted by Gasteiger charge is -2.28. The topological polar surface area (TPSA) is 3.24 Å². The van der Waals surface area contributed by atoms with Crippen LogP contribution in [0.3, 0.4) is 0 Å². The molecule has 0 spiro atoms. The molecule has 0 saturated heterocycles. The van der Waals surface area contributed by atoms with E-state index in [1.54, 1.807) is 0 Å². The second-order valence-electron chi connectivity index (χ2n) is 9.77. The van der Waals surface area contributed by atoms with Crippen LogP contribution >= 0.6 is 11.3 Å². The third kappa shape index (κ3) is 3.24. The molecule has 0 N–H and O–H groups in total. The van der Waals surface area contributed by atoms with Crippen LogP contribution in [0.1, 0.15) is 0 Å². The summed E-state index contributed by atoms with van der Waals surface area (Å²) in [6.45, 7) is 0. The Morgan fingerprint density at radius 1 is 0.395 bits per heavy atom. The van der Waals surface area contributed by atoms with E-state index < -0.39 is 0 Å². The van der Waals surface area contributed by atoms with E-state index in [2.05, 4.69) is 144 Å². The van der Waals surface area contributed by atoms with Crippen LogP contribution in [0.4, 0.5) is 17.1 Å². The van der Waals surface area contributed by atoms with Crippen molar-refractivity contribution < 1.29 is 0 Å². The highest BCUT2D eigenvalue weighted by atomic mass is 32.1. The second kappa shape index (κ2) is 8.44. The average Bonchev–Trinajstić information content (AvgIpc) is 3.36. The smallest absolute Gasteiger partial charge is 0.0540 e. The molecule has 0 fully saturated rings. The normalized spacial score (nSPS) is 11.7. The van der Waals surface area contributed by atoms with Crippen molar-refractivity contribution in [2.75, 3.05) is 4.90 Å². The van der Waals surface area contributed by atoms with E-state index in [1.807, 2.05) is 11.3 Å². The first-order chi connectivity index (χ1) is 18.8. The van der Waals surface area contributed by atoms with Crippen LogP contribution in [-0.4, -0.2) is 0 Å². The van der Waals surface area contributed by atoms with Gasteiger partial charge in [0.2, 0.25) is 0 Å². The van der Waals surface area contributed by atoms with Gasteiger partial charge in [-0.05, 0) is 51.9 Å². The molecule has 0 atom stereocenters. The van der Waals surface area contributed by atoms with E-state index in [-0.39, 0.29) is 0 Å². The zero-order chi connectivity index (χ0) is 25.1. The highest BCUT2D eigenvalue weighted by molar-refractivity contribution is 7.26. The number of hydrogen-bond acceptors (Lipinski definition) is 2. The van der Waals surface area contributed by atoms with Crippen LogP contribution in [0.25, 0.3) is 52.5 Å². The van der Waals surface area contributed by atoms with Gasteiger partial charge in [0.25, 0.3) is 0 Å². The Morgan fingerprint density at radius 3 is 1.61 bits per heavy atom. The fourth-order valence-electron chi connectivity index (χ4n) is 5.89. The number of rotatable bonds is 3. The van der Waals surface area contributed by atoms with Gasteiger partial charge in [-0.3, -0.25) is 0 Å². The minimum Gasteiger partial charge on any atom is -0.309 e. The van der Waals surface area contributed by atoms with Gasteiger partial charge in [0.15, 0.2) is 0 Å². The van der Waals surface area contributed by atoms with Gasteiger partial charge in [0, 0.05) is 36.6 Å². The number of anilines is 3. The molecule has 0 amide bonds. The quantitative estimate of drug-likeness (QED) is 0.233. The van der Waals surface area contributed by atoms with Gasteiger partial charge in [-0.2, -0.15) is 0 Å². The molecule has 0 aliphatic heterocycles. The summed E-state index contributed by atoms with van der Waals surface area (Å²) in [5, 5.41) is 10.3. The molecule has 0 unspecified atom stereocenters. The van der Waals surface area contributed by atoms with Crippen molar-refractivity contribution in [2.45, 2.75) is 0 Å². The molecular formula is C36H23NS. The molecular weight excluding hydrogens is 478 g/mol. The molecule has 0 bridgehead atoms. The maximum absolute atomic E-state index is 2.44. The van der Waals surface area contributed by atoms with Gasteiger partial charge in [0.05, 0.1) is 11.4 Å². The van der Waals surface area contributed by atoms with E-state index in [1.165, 1.54) is 69.6 Å². The number of benzene rings is 7. The van der Waals surface area contributed by atoms with Crippen LogP contribution in [0, 0.1) is 0 Å². The SMILES string of the molecule is c1ccc2c(N(c3ccc4c(c3)sc3ccc5ccccc5c34)c3cccc4ccccc34)cccc2c1. The molecule has 8 aromatic rings. The molecule has 38 heavy (non-hydrogen) atoms. The third-order valence-electron chi connectivity index (χ3n) is 7.62. The largest absolute Gasteiger partial charge is 0.309 e. The van der Waals surface area contributed by atoms with Gasteiger partial charge in [-0.1, -0.05) is 109 Å². The fraction of sp³-hybridized carbons (Fsp3) is 0. The maximum atomic E-state index is 2.44. The minimum absolute atomic E-state index is 1.17. The van der Waals surface area contributed by atoms with Crippen LogP contribution in [0.15, 0.2) is 140 Å². The van der Waals surface area contributed by atoms with Gasteiger partial charge in [-0.15, -0.1) is 11.3 Å². The highest BCUT2D eigenvalue weighted by Crippen LogP contribution is 2.45. The van der Waals surface area contributed by atoms with Gasteiger partial charge >= 0.3 is 0 Å². The molecule has 1 nitrogen and oxygen atoms in total. The van der Waals surface area contributed by atoms with E-state index in [4.69, 9.17) is 0 Å².